The molecule has 3 aliphatic rings. The Labute approximate surface area is 133 Å². The Morgan fingerprint density at radius 3 is 2.23 bits per heavy atom. The second-order valence-electron chi connectivity index (χ2n) is 5.93. The van der Waals surface area contributed by atoms with E-state index < -0.39 is 16.8 Å². The number of rotatable bonds is 3. The summed E-state index contributed by atoms with van der Waals surface area (Å²) in [6, 6.07) is 7.51. The topological polar surface area (TPSA) is 44.8 Å². The summed E-state index contributed by atoms with van der Waals surface area (Å²) in [5.74, 6) is 1.79. The Kier molecular flexibility index (Phi) is 4.37. The molecule has 3 aliphatic heterocycles. The van der Waals surface area contributed by atoms with Gasteiger partial charge in [-0.1, -0.05) is 19.3 Å². The van der Waals surface area contributed by atoms with Crippen molar-refractivity contribution >= 4 is 10.8 Å². The number of hydrogen-bond donors (Lipinski definition) is 0. The standard InChI is InChI=1S/C17H20O4S/c1-3-9-16-11-19-17(20-12-16,21-13-16)15-6-4-14(5-7-15)8-10-22(2)18/h4-7H,3,9,11-13H2,1-2H3. The summed E-state index contributed by atoms with van der Waals surface area (Å²) in [7, 11) is -1.12. The number of fused-ring (bicyclic) bond motifs is 3. The van der Waals surface area contributed by atoms with E-state index >= 15 is 0 Å². The summed E-state index contributed by atoms with van der Waals surface area (Å²) in [5, 5.41) is 2.64. The first-order valence-electron chi connectivity index (χ1n) is 7.45. The molecule has 118 valence electrons. The Morgan fingerprint density at radius 1 is 1.14 bits per heavy atom. The van der Waals surface area contributed by atoms with Crippen molar-refractivity contribution in [3.05, 3.63) is 35.4 Å². The van der Waals surface area contributed by atoms with E-state index in [4.69, 9.17) is 14.2 Å². The maximum absolute atomic E-state index is 11.0. The fourth-order valence-electron chi connectivity index (χ4n) is 2.88. The molecule has 1 unspecified atom stereocenters. The molecule has 4 nitrogen and oxygen atoms in total. The Bertz CT molecular complexity index is 602. The lowest BCUT2D eigenvalue weighted by molar-refractivity contribution is -0.480. The largest absolute Gasteiger partial charge is 0.323 e. The Hall–Kier alpha value is -1.19. The van der Waals surface area contributed by atoms with Gasteiger partial charge in [0, 0.05) is 28.1 Å². The maximum Gasteiger partial charge on any atom is 0.312 e. The van der Waals surface area contributed by atoms with Crippen LogP contribution in [0.5, 0.6) is 0 Å². The summed E-state index contributed by atoms with van der Waals surface area (Å²) >= 11 is 0. The van der Waals surface area contributed by atoms with Gasteiger partial charge in [-0.05, 0) is 30.7 Å². The van der Waals surface area contributed by atoms with Gasteiger partial charge in [0.15, 0.2) is 0 Å². The molecule has 2 bridgehead atoms. The Morgan fingerprint density at radius 2 is 1.73 bits per heavy atom. The first-order valence-corrected chi connectivity index (χ1v) is 9.01. The molecule has 1 aromatic carbocycles. The monoisotopic (exact) mass is 320 g/mol. The molecule has 22 heavy (non-hydrogen) atoms. The third-order valence-electron chi connectivity index (χ3n) is 4.06. The van der Waals surface area contributed by atoms with Crippen LogP contribution in [0.1, 0.15) is 30.9 Å². The molecular formula is C17H20O4S. The zero-order valence-corrected chi connectivity index (χ0v) is 13.7. The lowest BCUT2D eigenvalue weighted by atomic mass is 9.83. The van der Waals surface area contributed by atoms with Crippen LogP contribution in [-0.2, 0) is 31.0 Å². The number of ether oxygens (including phenoxy) is 3. The highest BCUT2D eigenvalue weighted by Gasteiger charge is 2.53. The molecule has 0 spiro atoms. The van der Waals surface area contributed by atoms with Crippen molar-refractivity contribution in [2.45, 2.75) is 25.7 Å². The number of benzene rings is 1. The van der Waals surface area contributed by atoms with Crippen molar-refractivity contribution in [3.63, 3.8) is 0 Å². The van der Waals surface area contributed by atoms with Crippen LogP contribution in [0.3, 0.4) is 0 Å². The second kappa shape index (κ2) is 6.13. The minimum atomic E-state index is -1.12. The minimum Gasteiger partial charge on any atom is -0.323 e. The first kappa shape index (κ1) is 15.7. The van der Waals surface area contributed by atoms with Gasteiger partial charge in [-0.3, -0.25) is 0 Å². The molecular weight excluding hydrogens is 300 g/mol. The van der Waals surface area contributed by atoms with Gasteiger partial charge in [-0.15, -0.1) is 0 Å². The van der Waals surface area contributed by atoms with Gasteiger partial charge < -0.3 is 14.2 Å². The molecule has 0 amide bonds. The average molecular weight is 320 g/mol. The van der Waals surface area contributed by atoms with Gasteiger partial charge in [-0.2, -0.15) is 0 Å². The lowest BCUT2D eigenvalue weighted by Crippen LogP contribution is -2.58. The highest BCUT2D eigenvalue weighted by atomic mass is 32.2. The van der Waals surface area contributed by atoms with E-state index in [1.807, 2.05) is 24.3 Å². The van der Waals surface area contributed by atoms with E-state index in [2.05, 4.69) is 18.1 Å². The van der Waals surface area contributed by atoms with Crippen molar-refractivity contribution in [3.8, 4) is 11.2 Å². The Balaban J connectivity index is 1.76. The molecule has 3 heterocycles. The average Bonchev–Trinajstić information content (AvgIpc) is 2.55. The molecule has 3 saturated heterocycles. The van der Waals surface area contributed by atoms with E-state index in [9.17, 15) is 4.21 Å². The van der Waals surface area contributed by atoms with E-state index in [1.165, 1.54) is 0 Å². The van der Waals surface area contributed by atoms with Crippen molar-refractivity contribution in [2.24, 2.45) is 5.41 Å². The molecule has 0 N–H and O–H groups in total. The molecule has 0 saturated carbocycles. The van der Waals surface area contributed by atoms with Crippen LogP contribution in [0.25, 0.3) is 0 Å². The molecule has 1 aromatic rings. The van der Waals surface area contributed by atoms with Crippen LogP contribution >= 0.6 is 0 Å². The highest BCUT2D eigenvalue weighted by molar-refractivity contribution is 7.89. The zero-order valence-electron chi connectivity index (χ0n) is 12.9. The van der Waals surface area contributed by atoms with Crippen LogP contribution in [0.2, 0.25) is 0 Å². The summed E-state index contributed by atoms with van der Waals surface area (Å²) in [4.78, 5) is 0. The van der Waals surface area contributed by atoms with E-state index in [1.54, 1.807) is 6.26 Å². The van der Waals surface area contributed by atoms with Crippen molar-refractivity contribution in [2.75, 3.05) is 26.1 Å². The third kappa shape index (κ3) is 2.97. The smallest absolute Gasteiger partial charge is 0.312 e. The van der Waals surface area contributed by atoms with Gasteiger partial charge >= 0.3 is 5.97 Å². The first-order chi connectivity index (χ1) is 10.6. The number of hydrogen-bond acceptors (Lipinski definition) is 4. The van der Waals surface area contributed by atoms with Crippen LogP contribution < -0.4 is 0 Å². The maximum atomic E-state index is 11.0. The predicted octanol–water partition coefficient (Wildman–Crippen LogP) is 2.35. The minimum absolute atomic E-state index is 0.00705. The van der Waals surface area contributed by atoms with Crippen LogP contribution in [0.15, 0.2) is 24.3 Å². The molecule has 5 heteroatoms. The van der Waals surface area contributed by atoms with Crippen molar-refractivity contribution in [1.29, 1.82) is 0 Å². The molecule has 0 aromatic heterocycles. The summed E-state index contributed by atoms with van der Waals surface area (Å²) in [6.07, 6.45) is 3.70. The van der Waals surface area contributed by atoms with Crippen LogP contribution in [0.4, 0.5) is 0 Å². The van der Waals surface area contributed by atoms with Gasteiger partial charge in [0.25, 0.3) is 0 Å². The fourth-order valence-corrected chi connectivity index (χ4v) is 3.14. The summed E-state index contributed by atoms with van der Waals surface area (Å²) in [6.45, 7) is 4.15. The van der Waals surface area contributed by atoms with E-state index in [0.29, 0.717) is 19.8 Å². The van der Waals surface area contributed by atoms with Crippen molar-refractivity contribution < 1.29 is 18.4 Å². The van der Waals surface area contributed by atoms with E-state index in [0.717, 1.165) is 24.0 Å². The summed E-state index contributed by atoms with van der Waals surface area (Å²) in [5.41, 5.74) is 1.65. The van der Waals surface area contributed by atoms with Gasteiger partial charge in [0.2, 0.25) is 0 Å². The van der Waals surface area contributed by atoms with Gasteiger partial charge in [0.1, 0.15) is 0 Å². The summed E-state index contributed by atoms with van der Waals surface area (Å²) < 4.78 is 28.7. The van der Waals surface area contributed by atoms with E-state index in [-0.39, 0.29) is 5.41 Å². The molecule has 4 rings (SSSR count). The normalized spacial score (nSPS) is 31.4. The lowest BCUT2D eigenvalue weighted by Gasteiger charge is -2.51. The SMILES string of the molecule is CCCC12COC(c3ccc(C#CS(C)=O)cc3)(OC1)OC2. The molecule has 0 radical (unpaired) electrons. The van der Waals surface area contributed by atoms with Crippen LogP contribution in [0, 0.1) is 16.6 Å². The predicted molar refractivity (Wildman–Crippen MR) is 84.3 cm³/mol. The second-order valence-corrected chi connectivity index (χ2v) is 7.04. The third-order valence-corrected chi connectivity index (χ3v) is 4.45. The highest BCUT2D eigenvalue weighted by Crippen LogP contribution is 2.46. The van der Waals surface area contributed by atoms with Gasteiger partial charge in [0.05, 0.1) is 30.6 Å². The molecule has 3 fully saturated rings. The van der Waals surface area contributed by atoms with Crippen molar-refractivity contribution in [1.82, 2.24) is 0 Å². The quantitative estimate of drug-likeness (QED) is 0.802. The molecule has 0 aliphatic carbocycles. The molecule has 1 atom stereocenters. The fraction of sp³-hybridized carbons (Fsp3) is 0.529. The van der Waals surface area contributed by atoms with Crippen LogP contribution in [-0.4, -0.2) is 30.3 Å². The zero-order chi connectivity index (χ0) is 15.6. The van der Waals surface area contributed by atoms with Gasteiger partial charge in [-0.25, -0.2) is 4.21 Å².